The van der Waals surface area contributed by atoms with E-state index in [0.29, 0.717) is 4.88 Å². The Morgan fingerprint density at radius 3 is 2.78 bits per heavy atom. The van der Waals surface area contributed by atoms with E-state index in [-0.39, 0.29) is 18.6 Å². The number of hydrogen-bond donors (Lipinski definition) is 1. The minimum Gasteiger partial charge on any atom is -0.451 e. The first-order chi connectivity index (χ1) is 11.1. The van der Waals surface area contributed by atoms with E-state index in [1.807, 2.05) is 31.2 Å². The van der Waals surface area contributed by atoms with E-state index in [1.165, 1.54) is 17.8 Å². The summed E-state index contributed by atoms with van der Waals surface area (Å²) in [6.07, 6.45) is 4.37. The van der Waals surface area contributed by atoms with Crippen molar-refractivity contribution in [1.82, 2.24) is 5.32 Å². The minimum absolute atomic E-state index is 0.108. The normalized spacial score (nSPS) is 12.1. The Morgan fingerprint density at radius 1 is 1.26 bits per heavy atom. The summed E-state index contributed by atoms with van der Waals surface area (Å²) in [7, 11) is 0. The molecule has 0 aliphatic heterocycles. The van der Waals surface area contributed by atoms with Gasteiger partial charge in [0.1, 0.15) is 4.88 Å². The van der Waals surface area contributed by atoms with E-state index in [9.17, 15) is 9.59 Å². The Morgan fingerprint density at radius 2 is 2.04 bits per heavy atom. The number of esters is 1. The highest BCUT2D eigenvalue weighted by Gasteiger charge is 2.14. The lowest BCUT2D eigenvalue weighted by molar-refractivity contribution is -0.124. The second-order valence-corrected chi connectivity index (χ2v) is 6.77. The number of benzene rings is 1. The van der Waals surface area contributed by atoms with Crippen LogP contribution in [0.1, 0.15) is 49.2 Å². The summed E-state index contributed by atoms with van der Waals surface area (Å²) in [6.45, 7) is 3.89. The van der Waals surface area contributed by atoms with Crippen molar-refractivity contribution in [1.29, 1.82) is 0 Å². The Kier molecular flexibility index (Phi) is 6.59. The molecule has 0 fully saturated rings. The Balaban J connectivity index is 1.78. The number of nitrogens with one attached hydrogen (secondary N) is 1. The molecule has 0 bridgehead atoms. The van der Waals surface area contributed by atoms with Crippen LogP contribution in [0, 0.1) is 0 Å². The van der Waals surface area contributed by atoms with Crippen molar-refractivity contribution < 1.29 is 14.3 Å². The molecule has 0 aliphatic carbocycles. The molecule has 1 aromatic carbocycles. The van der Waals surface area contributed by atoms with Gasteiger partial charge >= 0.3 is 5.97 Å². The van der Waals surface area contributed by atoms with E-state index < -0.39 is 5.97 Å². The fourth-order valence-corrected chi connectivity index (χ4v) is 3.33. The second kappa shape index (κ2) is 8.67. The molecule has 5 heteroatoms. The summed E-state index contributed by atoms with van der Waals surface area (Å²) in [6, 6.07) is 9.68. The molecule has 1 aromatic heterocycles. The van der Waals surface area contributed by atoms with Gasteiger partial charge in [0.25, 0.3) is 5.91 Å². The van der Waals surface area contributed by atoms with Gasteiger partial charge in [0.15, 0.2) is 6.61 Å². The lowest BCUT2D eigenvalue weighted by Crippen LogP contribution is -2.35. The van der Waals surface area contributed by atoms with E-state index in [2.05, 4.69) is 12.2 Å². The van der Waals surface area contributed by atoms with E-state index >= 15 is 0 Å². The van der Waals surface area contributed by atoms with Crippen LogP contribution in [-0.4, -0.2) is 24.5 Å². The fourth-order valence-electron chi connectivity index (χ4n) is 2.37. The van der Waals surface area contributed by atoms with Crippen molar-refractivity contribution in [2.45, 2.75) is 45.6 Å². The molecular formula is C18H23NO3S. The molecule has 0 saturated carbocycles. The molecule has 1 heterocycles. The zero-order valence-corrected chi connectivity index (χ0v) is 14.4. The number of hydrogen-bond acceptors (Lipinski definition) is 4. The molecular weight excluding hydrogens is 310 g/mol. The quantitative estimate of drug-likeness (QED) is 0.583. The number of carbonyl (C=O) groups is 2. The van der Waals surface area contributed by atoms with Crippen molar-refractivity contribution >= 4 is 33.3 Å². The van der Waals surface area contributed by atoms with Gasteiger partial charge in [-0.1, -0.05) is 44.4 Å². The smallest absolute Gasteiger partial charge is 0.348 e. The second-order valence-electron chi connectivity index (χ2n) is 5.69. The standard InChI is InChI=1S/C18H23NO3S/c1-3-4-5-8-13(2)19-17(20)12-22-18(21)16-11-14-9-6-7-10-15(14)23-16/h6-7,9-11,13H,3-5,8,12H2,1-2H3,(H,19,20)/t13-/m0/s1. The van der Waals surface area contributed by atoms with E-state index in [0.717, 1.165) is 29.3 Å². The molecule has 0 spiro atoms. The average Bonchev–Trinajstić information content (AvgIpc) is 2.97. The highest BCUT2D eigenvalue weighted by atomic mass is 32.1. The van der Waals surface area contributed by atoms with Crippen molar-refractivity contribution in [3.63, 3.8) is 0 Å². The van der Waals surface area contributed by atoms with Crippen molar-refractivity contribution in [3.05, 3.63) is 35.2 Å². The number of unbranched alkanes of at least 4 members (excludes halogenated alkanes) is 2. The van der Waals surface area contributed by atoms with Crippen LogP contribution in [0.3, 0.4) is 0 Å². The molecule has 2 rings (SSSR count). The lowest BCUT2D eigenvalue weighted by atomic mass is 10.1. The number of carbonyl (C=O) groups excluding carboxylic acids is 2. The summed E-state index contributed by atoms with van der Waals surface area (Å²) in [5.74, 6) is -0.691. The highest BCUT2D eigenvalue weighted by Crippen LogP contribution is 2.25. The zero-order valence-electron chi connectivity index (χ0n) is 13.6. The van der Waals surface area contributed by atoms with Gasteiger partial charge in [-0.3, -0.25) is 4.79 Å². The molecule has 0 aliphatic rings. The number of amides is 1. The van der Waals surface area contributed by atoms with Crippen LogP contribution >= 0.6 is 11.3 Å². The molecule has 23 heavy (non-hydrogen) atoms. The SMILES string of the molecule is CCCCC[C@H](C)NC(=O)COC(=O)c1cc2ccccc2s1. The molecule has 1 amide bonds. The third kappa shape index (κ3) is 5.36. The van der Waals surface area contributed by atoms with Gasteiger partial charge in [0, 0.05) is 10.7 Å². The van der Waals surface area contributed by atoms with Gasteiger partial charge in [-0.15, -0.1) is 11.3 Å². The molecule has 0 unspecified atom stereocenters. The van der Waals surface area contributed by atoms with Gasteiger partial charge in [-0.05, 0) is 30.9 Å². The Hall–Kier alpha value is -1.88. The maximum atomic E-state index is 12.0. The van der Waals surface area contributed by atoms with Crippen molar-refractivity contribution in [3.8, 4) is 0 Å². The van der Waals surface area contributed by atoms with Crippen LogP contribution < -0.4 is 5.32 Å². The van der Waals surface area contributed by atoms with Crippen LogP contribution in [0.25, 0.3) is 10.1 Å². The first kappa shape index (κ1) is 17.5. The Bertz CT molecular complexity index is 632. The van der Waals surface area contributed by atoms with Gasteiger partial charge < -0.3 is 10.1 Å². The summed E-state index contributed by atoms with van der Waals surface area (Å²) < 4.78 is 6.14. The average molecular weight is 333 g/mol. The maximum Gasteiger partial charge on any atom is 0.348 e. The first-order valence-corrected chi connectivity index (χ1v) is 8.87. The van der Waals surface area contributed by atoms with Crippen LogP contribution in [0.15, 0.2) is 30.3 Å². The predicted octanol–water partition coefficient (Wildman–Crippen LogP) is 4.14. The third-order valence-corrected chi connectivity index (χ3v) is 4.71. The Labute approximate surface area is 140 Å². The molecule has 1 N–H and O–H groups in total. The summed E-state index contributed by atoms with van der Waals surface area (Å²) in [4.78, 5) is 24.4. The van der Waals surface area contributed by atoms with Gasteiger partial charge in [0.2, 0.25) is 0 Å². The molecule has 0 radical (unpaired) electrons. The van der Waals surface area contributed by atoms with Gasteiger partial charge in [-0.25, -0.2) is 4.79 Å². The predicted molar refractivity (Wildman–Crippen MR) is 93.9 cm³/mol. The maximum absolute atomic E-state index is 12.0. The number of rotatable bonds is 8. The number of fused-ring (bicyclic) bond motifs is 1. The van der Waals surface area contributed by atoms with Gasteiger partial charge in [-0.2, -0.15) is 0 Å². The fraction of sp³-hybridized carbons (Fsp3) is 0.444. The van der Waals surface area contributed by atoms with Crippen LogP contribution in [0.4, 0.5) is 0 Å². The zero-order chi connectivity index (χ0) is 16.7. The van der Waals surface area contributed by atoms with Gasteiger partial charge in [0.05, 0.1) is 0 Å². The van der Waals surface area contributed by atoms with E-state index in [4.69, 9.17) is 4.74 Å². The van der Waals surface area contributed by atoms with Crippen LogP contribution in [0.5, 0.6) is 0 Å². The number of ether oxygens (including phenoxy) is 1. The van der Waals surface area contributed by atoms with E-state index in [1.54, 1.807) is 6.07 Å². The lowest BCUT2D eigenvalue weighted by Gasteiger charge is -2.13. The molecule has 124 valence electrons. The summed E-state index contributed by atoms with van der Waals surface area (Å²) in [5.41, 5.74) is 0. The number of thiophene rings is 1. The van der Waals surface area contributed by atoms with Crippen LogP contribution in [0.2, 0.25) is 0 Å². The van der Waals surface area contributed by atoms with Crippen molar-refractivity contribution in [2.75, 3.05) is 6.61 Å². The highest BCUT2D eigenvalue weighted by molar-refractivity contribution is 7.20. The molecule has 4 nitrogen and oxygen atoms in total. The molecule has 0 saturated heterocycles. The summed E-state index contributed by atoms with van der Waals surface area (Å²) >= 11 is 1.38. The molecule has 1 atom stereocenters. The third-order valence-electron chi connectivity index (χ3n) is 3.61. The topological polar surface area (TPSA) is 55.4 Å². The molecule has 2 aromatic rings. The largest absolute Gasteiger partial charge is 0.451 e. The first-order valence-electron chi connectivity index (χ1n) is 8.05. The monoisotopic (exact) mass is 333 g/mol. The minimum atomic E-state index is -0.444. The summed E-state index contributed by atoms with van der Waals surface area (Å²) in [5, 5.41) is 3.87. The van der Waals surface area contributed by atoms with Crippen LogP contribution in [-0.2, 0) is 9.53 Å². The van der Waals surface area contributed by atoms with Crippen molar-refractivity contribution in [2.24, 2.45) is 0 Å².